The van der Waals surface area contributed by atoms with Gasteiger partial charge in [0.2, 0.25) is 0 Å². The summed E-state index contributed by atoms with van der Waals surface area (Å²) in [6, 6.07) is 7.12. The fraction of sp³-hybridized carbons (Fsp3) is 0.312. The Kier molecular flexibility index (Phi) is 3.53. The maximum absolute atomic E-state index is 12.4. The molecule has 0 spiro atoms. The third-order valence-corrected chi connectivity index (χ3v) is 4.10. The fourth-order valence-corrected chi connectivity index (χ4v) is 3.03. The first-order valence-corrected chi connectivity index (χ1v) is 7.17. The van der Waals surface area contributed by atoms with Crippen LogP contribution in [0, 0.1) is 6.92 Å². The maximum Gasteiger partial charge on any atom is 0.253 e. The molecule has 1 unspecified atom stereocenters. The van der Waals surface area contributed by atoms with E-state index in [0.29, 0.717) is 10.6 Å². The van der Waals surface area contributed by atoms with E-state index in [0.717, 1.165) is 36.1 Å². The Bertz CT molecular complexity index is 648. The normalized spacial score (nSPS) is 17.6. The van der Waals surface area contributed by atoms with Gasteiger partial charge in [-0.1, -0.05) is 23.7 Å². The van der Waals surface area contributed by atoms with Crippen molar-refractivity contribution in [3.05, 3.63) is 58.0 Å². The lowest BCUT2D eigenvalue weighted by atomic mass is 9.90. The second kappa shape index (κ2) is 5.33. The number of carbonyl (C=O) groups excluding carboxylic acids is 1. The molecule has 0 saturated heterocycles. The standard InChI is InChI=1S/C16H16ClNO2/c1-10-9-20-14-8-4-7-13(15(10)14)18-16(19)11-5-2-3-6-12(11)17/h2-3,5-6,9,13H,4,7-8H2,1H3,(H,18,19). The number of hydrogen-bond acceptors (Lipinski definition) is 2. The molecule has 104 valence electrons. The molecular weight excluding hydrogens is 274 g/mol. The summed E-state index contributed by atoms with van der Waals surface area (Å²) >= 11 is 6.07. The summed E-state index contributed by atoms with van der Waals surface area (Å²) in [6.07, 6.45) is 4.67. The summed E-state index contributed by atoms with van der Waals surface area (Å²) in [5.41, 5.74) is 2.75. The van der Waals surface area contributed by atoms with Crippen molar-refractivity contribution in [2.45, 2.75) is 32.2 Å². The molecule has 3 rings (SSSR count). The molecule has 0 fully saturated rings. The lowest BCUT2D eigenvalue weighted by Crippen LogP contribution is -2.31. The molecule has 2 aromatic rings. The van der Waals surface area contributed by atoms with Crippen LogP contribution >= 0.6 is 11.6 Å². The van der Waals surface area contributed by atoms with Crippen LogP contribution in [0.15, 0.2) is 34.9 Å². The molecule has 1 aromatic heterocycles. The summed E-state index contributed by atoms with van der Waals surface area (Å²) in [7, 11) is 0. The van der Waals surface area contributed by atoms with Gasteiger partial charge < -0.3 is 9.73 Å². The van der Waals surface area contributed by atoms with Gasteiger partial charge in [0.1, 0.15) is 5.76 Å². The molecule has 1 atom stereocenters. The van der Waals surface area contributed by atoms with Gasteiger partial charge in [-0.3, -0.25) is 4.79 Å². The van der Waals surface area contributed by atoms with Crippen LogP contribution in [0.2, 0.25) is 5.02 Å². The third-order valence-electron chi connectivity index (χ3n) is 3.77. The minimum absolute atomic E-state index is 0.0151. The number of carbonyl (C=O) groups is 1. The minimum Gasteiger partial charge on any atom is -0.469 e. The van der Waals surface area contributed by atoms with Crippen LogP contribution in [0.4, 0.5) is 0 Å². The first-order chi connectivity index (χ1) is 9.66. The molecule has 1 heterocycles. The molecular formula is C16H16ClNO2. The van der Waals surface area contributed by atoms with E-state index in [9.17, 15) is 4.79 Å². The van der Waals surface area contributed by atoms with Crippen LogP contribution in [0.1, 0.15) is 46.1 Å². The Morgan fingerprint density at radius 1 is 1.40 bits per heavy atom. The number of aryl methyl sites for hydroxylation is 2. The average Bonchev–Trinajstić information content (AvgIpc) is 2.82. The third kappa shape index (κ3) is 2.34. The van der Waals surface area contributed by atoms with E-state index in [-0.39, 0.29) is 11.9 Å². The van der Waals surface area contributed by atoms with Crippen LogP contribution < -0.4 is 5.32 Å². The Morgan fingerprint density at radius 2 is 2.20 bits per heavy atom. The first-order valence-electron chi connectivity index (χ1n) is 6.79. The van der Waals surface area contributed by atoms with Gasteiger partial charge >= 0.3 is 0 Å². The van der Waals surface area contributed by atoms with E-state index in [4.69, 9.17) is 16.0 Å². The highest BCUT2D eigenvalue weighted by Gasteiger charge is 2.27. The first kappa shape index (κ1) is 13.3. The SMILES string of the molecule is Cc1coc2c1C(NC(=O)c1ccccc1Cl)CCC2. The Morgan fingerprint density at radius 3 is 3.00 bits per heavy atom. The van der Waals surface area contributed by atoms with Gasteiger partial charge in [-0.05, 0) is 37.5 Å². The molecule has 1 aromatic carbocycles. The smallest absolute Gasteiger partial charge is 0.253 e. The molecule has 0 saturated carbocycles. The van der Waals surface area contributed by atoms with Crippen molar-refractivity contribution in [1.29, 1.82) is 0 Å². The van der Waals surface area contributed by atoms with Gasteiger partial charge in [0.25, 0.3) is 5.91 Å². The van der Waals surface area contributed by atoms with Crippen molar-refractivity contribution in [1.82, 2.24) is 5.32 Å². The molecule has 4 heteroatoms. The van der Waals surface area contributed by atoms with E-state index in [1.807, 2.05) is 19.1 Å². The van der Waals surface area contributed by atoms with E-state index >= 15 is 0 Å². The van der Waals surface area contributed by atoms with Crippen molar-refractivity contribution < 1.29 is 9.21 Å². The van der Waals surface area contributed by atoms with Crippen LogP contribution in [0.25, 0.3) is 0 Å². The number of amides is 1. The van der Waals surface area contributed by atoms with E-state index < -0.39 is 0 Å². The number of halogens is 1. The average molecular weight is 290 g/mol. The van der Waals surface area contributed by atoms with E-state index in [2.05, 4.69) is 5.32 Å². The summed E-state index contributed by atoms with van der Waals surface area (Å²) in [5.74, 6) is 0.868. The summed E-state index contributed by atoms with van der Waals surface area (Å²) in [4.78, 5) is 12.4. The molecule has 0 radical (unpaired) electrons. The number of hydrogen-bond donors (Lipinski definition) is 1. The molecule has 0 aliphatic heterocycles. The van der Waals surface area contributed by atoms with Crippen molar-refractivity contribution in [3.63, 3.8) is 0 Å². The molecule has 1 amide bonds. The summed E-state index contributed by atoms with van der Waals surface area (Å²) in [5, 5.41) is 3.55. The molecule has 1 aliphatic carbocycles. The lowest BCUT2D eigenvalue weighted by Gasteiger charge is -2.24. The van der Waals surface area contributed by atoms with Gasteiger partial charge in [0, 0.05) is 12.0 Å². The van der Waals surface area contributed by atoms with Gasteiger partial charge in [-0.15, -0.1) is 0 Å². The number of nitrogens with one attached hydrogen (secondary N) is 1. The fourth-order valence-electron chi connectivity index (χ4n) is 2.81. The minimum atomic E-state index is -0.131. The van der Waals surface area contributed by atoms with Crippen molar-refractivity contribution in [2.75, 3.05) is 0 Å². The highest BCUT2D eigenvalue weighted by atomic mass is 35.5. The number of benzene rings is 1. The van der Waals surface area contributed by atoms with Crippen molar-refractivity contribution >= 4 is 17.5 Å². The van der Waals surface area contributed by atoms with E-state index in [1.54, 1.807) is 18.4 Å². The lowest BCUT2D eigenvalue weighted by molar-refractivity contribution is 0.0932. The van der Waals surface area contributed by atoms with Crippen molar-refractivity contribution in [2.24, 2.45) is 0 Å². The maximum atomic E-state index is 12.4. The van der Waals surface area contributed by atoms with Crippen LogP contribution in [0.3, 0.4) is 0 Å². The highest BCUT2D eigenvalue weighted by molar-refractivity contribution is 6.33. The van der Waals surface area contributed by atoms with Crippen LogP contribution in [0.5, 0.6) is 0 Å². The molecule has 1 aliphatic rings. The summed E-state index contributed by atoms with van der Waals surface area (Å²) in [6.45, 7) is 2.02. The highest BCUT2D eigenvalue weighted by Crippen LogP contribution is 2.33. The van der Waals surface area contributed by atoms with Gasteiger partial charge in [-0.2, -0.15) is 0 Å². The Labute approximate surface area is 122 Å². The van der Waals surface area contributed by atoms with E-state index in [1.165, 1.54) is 0 Å². The van der Waals surface area contributed by atoms with Gasteiger partial charge in [0.15, 0.2) is 0 Å². The van der Waals surface area contributed by atoms with Crippen LogP contribution in [-0.2, 0) is 6.42 Å². The number of furan rings is 1. The Balaban J connectivity index is 1.84. The quantitative estimate of drug-likeness (QED) is 0.906. The predicted octanol–water partition coefficient (Wildman–Crippen LogP) is 4.05. The zero-order valence-electron chi connectivity index (χ0n) is 11.3. The number of fused-ring (bicyclic) bond motifs is 1. The van der Waals surface area contributed by atoms with Crippen molar-refractivity contribution in [3.8, 4) is 0 Å². The summed E-state index contributed by atoms with van der Waals surface area (Å²) < 4.78 is 5.55. The van der Waals surface area contributed by atoms with Gasteiger partial charge in [-0.25, -0.2) is 0 Å². The largest absolute Gasteiger partial charge is 0.469 e. The zero-order chi connectivity index (χ0) is 14.1. The molecule has 1 N–H and O–H groups in total. The monoisotopic (exact) mass is 289 g/mol. The number of rotatable bonds is 2. The molecule has 3 nitrogen and oxygen atoms in total. The predicted molar refractivity (Wildman–Crippen MR) is 78.0 cm³/mol. The zero-order valence-corrected chi connectivity index (χ0v) is 12.0. The van der Waals surface area contributed by atoms with Crippen LogP contribution in [-0.4, -0.2) is 5.91 Å². The van der Waals surface area contributed by atoms with Gasteiger partial charge in [0.05, 0.1) is 22.9 Å². The molecule has 0 bridgehead atoms. The molecule has 20 heavy (non-hydrogen) atoms. The second-order valence-electron chi connectivity index (χ2n) is 5.15. The topological polar surface area (TPSA) is 42.2 Å². The Hall–Kier alpha value is -1.74. The second-order valence-corrected chi connectivity index (χ2v) is 5.56.